The van der Waals surface area contributed by atoms with Gasteiger partial charge in [0.2, 0.25) is 5.91 Å². The highest BCUT2D eigenvalue weighted by Gasteiger charge is 2.31. The summed E-state index contributed by atoms with van der Waals surface area (Å²) in [7, 11) is 0. The highest BCUT2D eigenvalue weighted by atomic mass is 19.4. The summed E-state index contributed by atoms with van der Waals surface area (Å²) >= 11 is 0. The van der Waals surface area contributed by atoms with Gasteiger partial charge in [-0.25, -0.2) is 9.97 Å². The smallest absolute Gasteiger partial charge is 0.356 e. The molecule has 2 aliphatic rings. The largest absolute Gasteiger partial charge is 0.417 e. The summed E-state index contributed by atoms with van der Waals surface area (Å²) in [4.78, 5) is 27.3. The van der Waals surface area contributed by atoms with E-state index in [9.17, 15) is 18.0 Å². The van der Waals surface area contributed by atoms with Gasteiger partial charge in [-0.1, -0.05) is 6.07 Å². The third-order valence-electron chi connectivity index (χ3n) is 6.29. The first-order valence-corrected chi connectivity index (χ1v) is 11.1. The second-order valence-corrected chi connectivity index (χ2v) is 8.45. The number of halogens is 3. The van der Waals surface area contributed by atoms with E-state index in [1.54, 1.807) is 6.20 Å². The van der Waals surface area contributed by atoms with E-state index < -0.39 is 11.7 Å². The first kappa shape index (κ1) is 22.4. The topological polar surface area (TPSA) is 52.6 Å². The molecule has 6 nitrogen and oxygen atoms in total. The van der Waals surface area contributed by atoms with Crippen LogP contribution in [-0.4, -0.2) is 60.0 Å². The molecule has 32 heavy (non-hydrogen) atoms. The molecule has 1 atom stereocenters. The lowest BCUT2D eigenvalue weighted by molar-refractivity contribution is -0.137. The van der Waals surface area contributed by atoms with Gasteiger partial charge in [0, 0.05) is 58.1 Å². The average Bonchev–Trinajstić information content (AvgIpc) is 2.83. The van der Waals surface area contributed by atoms with Crippen LogP contribution in [0.15, 0.2) is 42.7 Å². The molecule has 0 bridgehead atoms. The van der Waals surface area contributed by atoms with Crippen molar-refractivity contribution in [2.75, 3.05) is 49.1 Å². The monoisotopic (exact) mass is 447 g/mol. The van der Waals surface area contributed by atoms with Crippen molar-refractivity contribution in [3.63, 3.8) is 0 Å². The predicted molar refractivity (Wildman–Crippen MR) is 116 cm³/mol. The Morgan fingerprint density at radius 1 is 0.969 bits per heavy atom. The fourth-order valence-corrected chi connectivity index (χ4v) is 4.46. The van der Waals surface area contributed by atoms with Gasteiger partial charge in [0.15, 0.2) is 0 Å². The van der Waals surface area contributed by atoms with Gasteiger partial charge in [-0.05, 0) is 49.4 Å². The molecule has 1 amide bonds. The van der Waals surface area contributed by atoms with E-state index in [-0.39, 0.29) is 5.91 Å². The molecular weight excluding hydrogens is 419 g/mol. The molecule has 0 radical (unpaired) electrons. The molecule has 2 fully saturated rings. The number of carbonyl (C=O) groups is 1. The van der Waals surface area contributed by atoms with E-state index in [4.69, 9.17) is 0 Å². The quantitative estimate of drug-likeness (QED) is 0.697. The lowest BCUT2D eigenvalue weighted by atomic mass is 9.93. The van der Waals surface area contributed by atoms with E-state index in [0.717, 1.165) is 63.5 Å². The van der Waals surface area contributed by atoms with E-state index >= 15 is 0 Å². The van der Waals surface area contributed by atoms with Gasteiger partial charge in [0.1, 0.15) is 11.6 Å². The Morgan fingerprint density at radius 3 is 2.41 bits per heavy atom. The lowest BCUT2D eigenvalue weighted by Gasteiger charge is -2.36. The molecule has 2 saturated heterocycles. The molecule has 0 unspecified atom stereocenters. The number of hydrogen-bond donors (Lipinski definition) is 0. The second-order valence-electron chi connectivity index (χ2n) is 8.45. The third-order valence-corrected chi connectivity index (χ3v) is 6.29. The Morgan fingerprint density at radius 2 is 1.75 bits per heavy atom. The van der Waals surface area contributed by atoms with Crippen LogP contribution < -0.4 is 9.80 Å². The summed E-state index contributed by atoms with van der Waals surface area (Å²) in [5, 5.41) is 0. The van der Waals surface area contributed by atoms with Gasteiger partial charge in [-0.2, -0.15) is 13.2 Å². The number of piperazine rings is 1. The molecule has 0 N–H and O–H groups in total. The number of rotatable bonds is 5. The Kier molecular flexibility index (Phi) is 6.81. The normalized spacial score (nSPS) is 19.8. The maximum Gasteiger partial charge on any atom is 0.417 e. The Hall–Kier alpha value is -2.84. The number of alkyl halides is 3. The molecular formula is C23H28F3N5O. The zero-order valence-electron chi connectivity index (χ0n) is 18.0. The zero-order chi connectivity index (χ0) is 22.6. The zero-order valence-corrected chi connectivity index (χ0v) is 18.0. The number of amides is 1. The minimum absolute atomic E-state index is 0.176. The van der Waals surface area contributed by atoms with Crippen LogP contribution in [0.4, 0.5) is 24.8 Å². The summed E-state index contributed by atoms with van der Waals surface area (Å²) in [6.07, 6.45) is 1.56. The molecule has 9 heteroatoms. The van der Waals surface area contributed by atoms with E-state index in [0.29, 0.717) is 31.2 Å². The molecule has 2 aliphatic heterocycles. The number of carbonyl (C=O) groups excluding carboxylic acids is 1. The first-order valence-electron chi connectivity index (χ1n) is 11.1. The molecule has 0 saturated carbocycles. The highest BCUT2D eigenvalue weighted by molar-refractivity contribution is 5.76. The van der Waals surface area contributed by atoms with Gasteiger partial charge in [-0.15, -0.1) is 0 Å². The van der Waals surface area contributed by atoms with E-state index in [2.05, 4.69) is 14.9 Å². The number of nitrogens with zero attached hydrogens (tertiary/aromatic N) is 5. The molecule has 4 rings (SSSR count). The van der Waals surface area contributed by atoms with Gasteiger partial charge in [0.25, 0.3) is 0 Å². The standard InChI is InChI=1S/C23H28F3N5O/c24-23(25,26)19-7-8-21(28-16-19)31-11-3-4-18(17-31)6-9-22(32)30-14-12-29(13-15-30)20-5-1-2-10-27-20/h1-2,5,7-8,10,16,18H,3-4,6,9,11-15,17H2/t18-/m1/s1. The van der Waals surface area contributed by atoms with Crippen LogP contribution in [0.3, 0.4) is 0 Å². The van der Waals surface area contributed by atoms with E-state index in [1.165, 1.54) is 6.07 Å². The summed E-state index contributed by atoms with van der Waals surface area (Å²) < 4.78 is 38.3. The van der Waals surface area contributed by atoms with Crippen LogP contribution >= 0.6 is 0 Å². The molecule has 4 heterocycles. The fourth-order valence-electron chi connectivity index (χ4n) is 4.46. The van der Waals surface area contributed by atoms with Gasteiger partial charge < -0.3 is 14.7 Å². The van der Waals surface area contributed by atoms with Gasteiger partial charge >= 0.3 is 6.18 Å². The van der Waals surface area contributed by atoms with Crippen LogP contribution in [0.2, 0.25) is 0 Å². The molecule has 2 aromatic heterocycles. The van der Waals surface area contributed by atoms with Gasteiger partial charge in [-0.3, -0.25) is 4.79 Å². The lowest BCUT2D eigenvalue weighted by Crippen LogP contribution is -2.49. The van der Waals surface area contributed by atoms with Crippen LogP contribution in [0.1, 0.15) is 31.2 Å². The van der Waals surface area contributed by atoms with Crippen molar-refractivity contribution in [1.29, 1.82) is 0 Å². The predicted octanol–water partition coefficient (Wildman–Crippen LogP) is 3.84. The average molecular weight is 448 g/mol. The Bertz CT molecular complexity index is 883. The van der Waals surface area contributed by atoms with E-state index in [1.807, 2.05) is 28.0 Å². The van der Waals surface area contributed by atoms with Crippen LogP contribution in [0.25, 0.3) is 0 Å². The van der Waals surface area contributed by atoms with Crippen LogP contribution in [-0.2, 0) is 11.0 Å². The first-order chi connectivity index (χ1) is 15.4. The number of anilines is 2. The Balaban J connectivity index is 1.24. The number of piperidine rings is 1. The SMILES string of the molecule is O=C(CC[C@H]1CCCN(c2ccc(C(F)(F)F)cn2)C1)N1CCN(c2ccccn2)CC1. The van der Waals surface area contributed by atoms with Crippen molar-refractivity contribution >= 4 is 17.5 Å². The van der Waals surface area contributed by atoms with Crippen molar-refractivity contribution in [1.82, 2.24) is 14.9 Å². The van der Waals surface area contributed by atoms with Crippen molar-refractivity contribution in [3.05, 3.63) is 48.3 Å². The highest BCUT2D eigenvalue weighted by Crippen LogP contribution is 2.30. The van der Waals surface area contributed by atoms with Crippen LogP contribution in [0, 0.1) is 5.92 Å². The second kappa shape index (κ2) is 9.75. The molecule has 0 aromatic carbocycles. The maximum atomic E-state index is 12.8. The molecule has 172 valence electrons. The van der Waals surface area contributed by atoms with Crippen LogP contribution in [0.5, 0.6) is 0 Å². The van der Waals surface area contributed by atoms with Crippen molar-refractivity contribution in [2.24, 2.45) is 5.92 Å². The van der Waals surface area contributed by atoms with Crippen molar-refractivity contribution < 1.29 is 18.0 Å². The summed E-state index contributed by atoms with van der Waals surface area (Å²) in [6.45, 7) is 4.44. The summed E-state index contributed by atoms with van der Waals surface area (Å²) in [5.41, 5.74) is -0.733. The Labute approximate surface area is 186 Å². The maximum absolute atomic E-state index is 12.8. The molecule has 0 spiro atoms. The third kappa shape index (κ3) is 5.49. The van der Waals surface area contributed by atoms with Gasteiger partial charge in [0.05, 0.1) is 5.56 Å². The molecule has 0 aliphatic carbocycles. The number of pyridine rings is 2. The van der Waals surface area contributed by atoms with Crippen molar-refractivity contribution in [2.45, 2.75) is 31.9 Å². The summed E-state index contributed by atoms with van der Waals surface area (Å²) in [6, 6.07) is 8.37. The van der Waals surface area contributed by atoms with Crippen molar-refractivity contribution in [3.8, 4) is 0 Å². The minimum atomic E-state index is -4.38. The number of aromatic nitrogens is 2. The minimum Gasteiger partial charge on any atom is -0.356 e. The fraction of sp³-hybridized carbons (Fsp3) is 0.522. The summed E-state index contributed by atoms with van der Waals surface area (Å²) in [5.74, 6) is 2.03. The molecule has 2 aromatic rings. The number of hydrogen-bond acceptors (Lipinski definition) is 5.